The highest BCUT2D eigenvalue weighted by atomic mass is 19.1. The Labute approximate surface area is 169 Å². The van der Waals surface area contributed by atoms with Crippen molar-refractivity contribution in [3.8, 4) is 5.75 Å². The summed E-state index contributed by atoms with van der Waals surface area (Å²) in [5, 5.41) is 2.95. The molecule has 152 valence electrons. The normalized spacial score (nSPS) is 18.2. The first-order valence-electron chi connectivity index (χ1n) is 10.0. The van der Waals surface area contributed by atoms with E-state index in [2.05, 4.69) is 5.32 Å². The Kier molecular flexibility index (Phi) is 5.26. The minimum atomic E-state index is -0.500. The van der Waals surface area contributed by atoms with Crippen molar-refractivity contribution < 1.29 is 18.7 Å². The first kappa shape index (κ1) is 19.4. The molecule has 1 heterocycles. The monoisotopic (exact) mass is 396 g/mol. The molecule has 1 aliphatic heterocycles. The number of nitrogens with one attached hydrogen (secondary N) is 1. The molecule has 0 radical (unpaired) electrons. The topological polar surface area (TPSA) is 58.6 Å². The highest BCUT2D eigenvalue weighted by molar-refractivity contribution is 5.95. The van der Waals surface area contributed by atoms with Gasteiger partial charge < -0.3 is 15.0 Å². The SMILES string of the molecule is COc1ccccc1NC(=O)C1CCN(C(=O)C2(c3ccc(F)cc3)CC2)CC1. The van der Waals surface area contributed by atoms with Gasteiger partial charge >= 0.3 is 0 Å². The van der Waals surface area contributed by atoms with Crippen LogP contribution in [-0.2, 0) is 15.0 Å². The van der Waals surface area contributed by atoms with E-state index in [0.29, 0.717) is 37.4 Å². The number of hydrogen-bond acceptors (Lipinski definition) is 3. The number of piperidine rings is 1. The smallest absolute Gasteiger partial charge is 0.233 e. The van der Waals surface area contributed by atoms with E-state index in [1.165, 1.54) is 12.1 Å². The van der Waals surface area contributed by atoms with Gasteiger partial charge in [0.15, 0.2) is 0 Å². The molecule has 1 aliphatic carbocycles. The first-order valence-corrected chi connectivity index (χ1v) is 10.0. The van der Waals surface area contributed by atoms with E-state index >= 15 is 0 Å². The number of benzene rings is 2. The van der Waals surface area contributed by atoms with Gasteiger partial charge in [-0.2, -0.15) is 0 Å². The van der Waals surface area contributed by atoms with Crippen LogP contribution in [0.5, 0.6) is 5.75 Å². The van der Waals surface area contributed by atoms with Gasteiger partial charge in [-0.3, -0.25) is 9.59 Å². The fraction of sp³-hybridized carbons (Fsp3) is 0.391. The van der Waals surface area contributed by atoms with Crippen LogP contribution in [0.4, 0.5) is 10.1 Å². The predicted molar refractivity (Wildman–Crippen MR) is 108 cm³/mol. The first-order chi connectivity index (χ1) is 14.0. The number of likely N-dealkylation sites (tertiary alicyclic amines) is 1. The Morgan fingerprint density at radius 2 is 1.72 bits per heavy atom. The molecule has 0 aromatic heterocycles. The molecule has 5 nitrogen and oxygen atoms in total. The van der Waals surface area contributed by atoms with Gasteiger partial charge in [0, 0.05) is 19.0 Å². The molecule has 2 fully saturated rings. The van der Waals surface area contributed by atoms with Gasteiger partial charge in [0.1, 0.15) is 11.6 Å². The number of ether oxygens (including phenoxy) is 1. The number of nitrogens with zero attached hydrogens (tertiary/aromatic N) is 1. The molecule has 2 aliphatic rings. The molecule has 1 saturated carbocycles. The molecule has 4 rings (SSSR count). The summed E-state index contributed by atoms with van der Waals surface area (Å²) in [4.78, 5) is 27.7. The lowest BCUT2D eigenvalue weighted by molar-refractivity contribution is -0.137. The van der Waals surface area contributed by atoms with Gasteiger partial charge in [0.2, 0.25) is 11.8 Å². The number of carbonyl (C=O) groups excluding carboxylic acids is 2. The van der Waals surface area contributed by atoms with Gasteiger partial charge in [-0.15, -0.1) is 0 Å². The molecular weight excluding hydrogens is 371 g/mol. The fourth-order valence-corrected chi connectivity index (χ4v) is 4.15. The minimum Gasteiger partial charge on any atom is -0.495 e. The van der Waals surface area contributed by atoms with Crippen LogP contribution < -0.4 is 10.1 Å². The molecule has 2 amide bonds. The summed E-state index contributed by atoms with van der Waals surface area (Å²) < 4.78 is 18.5. The second-order valence-corrected chi connectivity index (χ2v) is 7.85. The highest BCUT2D eigenvalue weighted by Crippen LogP contribution is 2.50. The average Bonchev–Trinajstić information content (AvgIpc) is 3.56. The van der Waals surface area contributed by atoms with Crippen LogP contribution in [0.15, 0.2) is 48.5 Å². The second-order valence-electron chi connectivity index (χ2n) is 7.85. The number of para-hydroxylation sites is 2. The number of hydrogen-bond donors (Lipinski definition) is 1. The van der Waals surface area contributed by atoms with Gasteiger partial charge in [0.05, 0.1) is 18.2 Å². The van der Waals surface area contributed by atoms with E-state index in [0.717, 1.165) is 18.4 Å². The van der Waals surface area contributed by atoms with Crippen molar-refractivity contribution in [1.82, 2.24) is 4.90 Å². The maximum absolute atomic E-state index is 13.2. The zero-order valence-corrected chi connectivity index (χ0v) is 16.5. The Hall–Kier alpha value is -2.89. The van der Waals surface area contributed by atoms with Crippen LogP contribution in [-0.4, -0.2) is 36.9 Å². The predicted octanol–water partition coefficient (Wildman–Crippen LogP) is 3.74. The molecule has 0 unspecified atom stereocenters. The third-order valence-corrected chi connectivity index (χ3v) is 6.07. The molecule has 6 heteroatoms. The maximum Gasteiger partial charge on any atom is 0.233 e. The van der Waals surface area contributed by atoms with Gasteiger partial charge in [-0.05, 0) is 55.5 Å². The summed E-state index contributed by atoms with van der Waals surface area (Å²) in [6.45, 7) is 1.12. The van der Waals surface area contributed by atoms with Crippen molar-refractivity contribution in [2.75, 3.05) is 25.5 Å². The van der Waals surface area contributed by atoms with Crippen LogP contribution in [0.3, 0.4) is 0 Å². The number of rotatable bonds is 5. The molecule has 1 N–H and O–H groups in total. The molecule has 0 bridgehead atoms. The van der Waals surface area contributed by atoms with Crippen LogP contribution in [0.25, 0.3) is 0 Å². The largest absolute Gasteiger partial charge is 0.495 e. The lowest BCUT2D eigenvalue weighted by Gasteiger charge is -2.34. The number of halogens is 1. The minimum absolute atomic E-state index is 0.0405. The third kappa shape index (κ3) is 3.84. The quantitative estimate of drug-likeness (QED) is 0.838. The average molecular weight is 396 g/mol. The van der Waals surface area contributed by atoms with Crippen molar-refractivity contribution in [2.24, 2.45) is 5.92 Å². The standard InChI is InChI=1S/C23H25FN2O3/c1-29-20-5-3-2-4-19(20)25-21(27)16-10-14-26(15-11-16)22(28)23(12-13-23)17-6-8-18(24)9-7-17/h2-9,16H,10-15H2,1H3,(H,25,27). The van der Waals surface area contributed by atoms with Crippen molar-refractivity contribution in [3.63, 3.8) is 0 Å². The van der Waals surface area contributed by atoms with Crippen LogP contribution in [0.2, 0.25) is 0 Å². The molecular formula is C23H25FN2O3. The van der Waals surface area contributed by atoms with E-state index < -0.39 is 5.41 Å². The van der Waals surface area contributed by atoms with Gasteiger partial charge in [-0.25, -0.2) is 4.39 Å². The summed E-state index contributed by atoms with van der Waals surface area (Å²) in [7, 11) is 1.57. The van der Waals surface area contributed by atoms with E-state index in [1.54, 1.807) is 25.3 Å². The number of amides is 2. The molecule has 1 saturated heterocycles. The lowest BCUT2D eigenvalue weighted by atomic mass is 9.91. The van der Waals surface area contributed by atoms with E-state index in [1.807, 2.05) is 23.1 Å². The second kappa shape index (κ2) is 7.85. The van der Waals surface area contributed by atoms with E-state index in [9.17, 15) is 14.0 Å². The Morgan fingerprint density at radius 1 is 1.07 bits per heavy atom. The summed E-state index contributed by atoms with van der Waals surface area (Å²) in [5.74, 6) is 0.265. The number of carbonyl (C=O) groups is 2. The zero-order valence-electron chi connectivity index (χ0n) is 16.5. The Balaban J connectivity index is 1.36. The maximum atomic E-state index is 13.2. The molecule has 29 heavy (non-hydrogen) atoms. The Bertz CT molecular complexity index is 901. The molecule has 2 aromatic carbocycles. The van der Waals surface area contributed by atoms with Crippen molar-refractivity contribution >= 4 is 17.5 Å². The molecule has 2 aromatic rings. The molecule has 0 atom stereocenters. The lowest BCUT2D eigenvalue weighted by Crippen LogP contribution is -2.45. The summed E-state index contributed by atoms with van der Waals surface area (Å²) in [6, 6.07) is 13.6. The van der Waals surface area contributed by atoms with Crippen LogP contribution in [0.1, 0.15) is 31.2 Å². The summed E-state index contributed by atoms with van der Waals surface area (Å²) in [5.41, 5.74) is 1.05. The number of anilines is 1. The Morgan fingerprint density at radius 3 is 2.34 bits per heavy atom. The highest BCUT2D eigenvalue weighted by Gasteiger charge is 2.53. The van der Waals surface area contributed by atoms with Crippen molar-refractivity contribution in [2.45, 2.75) is 31.1 Å². The fourth-order valence-electron chi connectivity index (χ4n) is 4.15. The van der Waals surface area contributed by atoms with Gasteiger partial charge in [-0.1, -0.05) is 24.3 Å². The third-order valence-electron chi connectivity index (χ3n) is 6.07. The van der Waals surface area contributed by atoms with Crippen molar-refractivity contribution in [3.05, 3.63) is 59.9 Å². The summed E-state index contributed by atoms with van der Waals surface area (Å²) in [6.07, 6.45) is 2.86. The van der Waals surface area contributed by atoms with Gasteiger partial charge in [0.25, 0.3) is 0 Å². The van der Waals surface area contributed by atoms with E-state index in [-0.39, 0.29) is 23.5 Å². The van der Waals surface area contributed by atoms with Crippen LogP contribution >= 0.6 is 0 Å². The van der Waals surface area contributed by atoms with Crippen LogP contribution in [0, 0.1) is 11.7 Å². The zero-order chi connectivity index (χ0) is 20.4. The summed E-state index contributed by atoms with van der Waals surface area (Å²) >= 11 is 0. The molecule has 0 spiro atoms. The van der Waals surface area contributed by atoms with E-state index in [4.69, 9.17) is 4.74 Å². The van der Waals surface area contributed by atoms with Crippen molar-refractivity contribution in [1.29, 1.82) is 0 Å². The number of methoxy groups -OCH3 is 1.